The van der Waals surface area contributed by atoms with E-state index in [9.17, 15) is 13.2 Å². The zero-order valence-electron chi connectivity index (χ0n) is 7.51. The smallest absolute Gasteiger partial charge is 0.382 e. The summed E-state index contributed by atoms with van der Waals surface area (Å²) >= 11 is 0. The average molecular weight is 197 g/mol. The Bertz CT molecular complexity index is 165. The van der Waals surface area contributed by atoms with Crippen molar-refractivity contribution >= 4 is 0 Å². The molecule has 0 aromatic rings. The Morgan fingerprint density at radius 3 is 2.38 bits per heavy atom. The number of hydrogen-bond donors (Lipinski definition) is 1. The number of rotatable bonds is 3. The molecular weight excluding hydrogens is 183 g/mol. The molecule has 1 fully saturated rings. The normalized spacial score (nSPS) is 22.8. The van der Waals surface area contributed by atoms with Gasteiger partial charge in [0.25, 0.3) is 0 Å². The largest absolute Gasteiger partial charge is 0.415 e. The van der Waals surface area contributed by atoms with Crippen LogP contribution in [0.25, 0.3) is 0 Å². The summed E-state index contributed by atoms with van der Waals surface area (Å²) in [6.45, 7) is 3.11. The van der Waals surface area contributed by atoms with Crippen molar-refractivity contribution in [2.45, 2.75) is 25.6 Å². The second-order valence-electron chi connectivity index (χ2n) is 3.55. The van der Waals surface area contributed by atoms with E-state index >= 15 is 0 Å². The first kappa shape index (κ1) is 10.8. The lowest BCUT2D eigenvalue weighted by Crippen LogP contribution is -2.52. The minimum Gasteiger partial charge on any atom is -0.382 e. The molecule has 1 aliphatic rings. The van der Waals surface area contributed by atoms with Crippen molar-refractivity contribution in [2.24, 2.45) is 5.92 Å². The standard InChI is InChI=1S/C8H14F3NO/c1-2-6-3-12(4-6)5-7(13)8(9,10)11/h6-7,13H,2-5H2,1H3. The van der Waals surface area contributed by atoms with Gasteiger partial charge in [-0.05, 0) is 5.92 Å². The number of likely N-dealkylation sites (tertiary alicyclic amines) is 1. The molecule has 0 aromatic carbocycles. The van der Waals surface area contributed by atoms with E-state index in [2.05, 4.69) is 0 Å². The number of hydrogen-bond acceptors (Lipinski definition) is 2. The molecule has 78 valence electrons. The molecule has 13 heavy (non-hydrogen) atoms. The van der Waals surface area contributed by atoms with Gasteiger partial charge in [-0.3, -0.25) is 4.90 Å². The van der Waals surface area contributed by atoms with Crippen LogP contribution in [-0.4, -0.2) is 41.9 Å². The van der Waals surface area contributed by atoms with Gasteiger partial charge in [-0.15, -0.1) is 0 Å². The van der Waals surface area contributed by atoms with E-state index in [1.54, 1.807) is 4.90 Å². The maximum atomic E-state index is 11.9. The van der Waals surface area contributed by atoms with Crippen molar-refractivity contribution in [1.82, 2.24) is 4.90 Å². The number of β-amino-alcohol motifs (C(OH)–C–C–N with tert-alkyl or cyclic N) is 1. The lowest BCUT2D eigenvalue weighted by atomic mass is 9.97. The summed E-state index contributed by atoms with van der Waals surface area (Å²) in [5.41, 5.74) is 0. The number of aliphatic hydroxyl groups is 1. The van der Waals surface area contributed by atoms with E-state index in [4.69, 9.17) is 5.11 Å². The molecule has 1 heterocycles. The Morgan fingerprint density at radius 1 is 1.46 bits per heavy atom. The van der Waals surface area contributed by atoms with Crippen LogP contribution in [0.3, 0.4) is 0 Å². The molecule has 0 saturated carbocycles. The monoisotopic (exact) mass is 197 g/mol. The molecule has 1 rings (SSSR count). The lowest BCUT2D eigenvalue weighted by Gasteiger charge is -2.40. The number of halogens is 3. The van der Waals surface area contributed by atoms with Crippen molar-refractivity contribution in [3.63, 3.8) is 0 Å². The van der Waals surface area contributed by atoms with Gasteiger partial charge in [-0.25, -0.2) is 0 Å². The summed E-state index contributed by atoms with van der Waals surface area (Å²) in [5, 5.41) is 8.71. The highest BCUT2D eigenvalue weighted by molar-refractivity contribution is 4.82. The van der Waals surface area contributed by atoms with Gasteiger partial charge in [0.1, 0.15) is 0 Å². The van der Waals surface area contributed by atoms with E-state index < -0.39 is 12.3 Å². The van der Waals surface area contributed by atoms with Crippen LogP contribution in [-0.2, 0) is 0 Å². The molecule has 1 aliphatic heterocycles. The molecule has 1 atom stereocenters. The van der Waals surface area contributed by atoms with Crippen molar-refractivity contribution < 1.29 is 18.3 Å². The van der Waals surface area contributed by atoms with Crippen LogP contribution in [0.1, 0.15) is 13.3 Å². The SMILES string of the molecule is CCC1CN(CC(O)C(F)(F)F)C1. The summed E-state index contributed by atoms with van der Waals surface area (Å²) in [6.07, 6.45) is -5.67. The topological polar surface area (TPSA) is 23.5 Å². The second kappa shape index (κ2) is 3.84. The third-order valence-corrected chi connectivity index (χ3v) is 2.42. The molecule has 1 unspecified atom stereocenters. The Balaban J connectivity index is 2.20. The fourth-order valence-corrected chi connectivity index (χ4v) is 1.43. The van der Waals surface area contributed by atoms with Gasteiger partial charge in [0, 0.05) is 19.6 Å². The maximum absolute atomic E-state index is 11.9. The van der Waals surface area contributed by atoms with Gasteiger partial charge in [-0.2, -0.15) is 13.2 Å². The van der Waals surface area contributed by atoms with Gasteiger partial charge in [0.15, 0.2) is 6.10 Å². The first-order valence-corrected chi connectivity index (χ1v) is 4.40. The van der Waals surface area contributed by atoms with E-state index in [0.29, 0.717) is 19.0 Å². The molecule has 5 heteroatoms. The summed E-state index contributed by atoms with van der Waals surface area (Å²) < 4.78 is 35.6. The molecule has 0 aromatic heterocycles. The molecule has 0 bridgehead atoms. The van der Waals surface area contributed by atoms with Crippen molar-refractivity contribution in [1.29, 1.82) is 0 Å². The lowest BCUT2D eigenvalue weighted by molar-refractivity contribution is -0.211. The van der Waals surface area contributed by atoms with E-state index in [-0.39, 0.29) is 6.54 Å². The van der Waals surface area contributed by atoms with Crippen molar-refractivity contribution in [2.75, 3.05) is 19.6 Å². The van der Waals surface area contributed by atoms with Crippen LogP contribution >= 0.6 is 0 Å². The second-order valence-corrected chi connectivity index (χ2v) is 3.55. The van der Waals surface area contributed by atoms with Crippen molar-refractivity contribution in [3.05, 3.63) is 0 Å². The first-order chi connectivity index (χ1) is 5.93. The molecule has 0 radical (unpaired) electrons. The predicted molar refractivity (Wildman–Crippen MR) is 42.3 cm³/mol. The van der Waals surface area contributed by atoms with Crippen LogP contribution in [0.4, 0.5) is 13.2 Å². The molecule has 0 spiro atoms. The highest BCUT2D eigenvalue weighted by atomic mass is 19.4. The first-order valence-electron chi connectivity index (χ1n) is 4.40. The third-order valence-electron chi connectivity index (χ3n) is 2.42. The van der Waals surface area contributed by atoms with Gasteiger partial charge in [-0.1, -0.05) is 13.3 Å². The minimum atomic E-state index is -4.47. The molecule has 0 amide bonds. The van der Waals surface area contributed by atoms with Crippen LogP contribution in [0.5, 0.6) is 0 Å². The van der Waals surface area contributed by atoms with E-state index in [1.807, 2.05) is 6.92 Å². The third kappa shape index (κ3) is 2.84. The maximum Gasteiger partial charge on any atom is 0.415 e. The van der Waals surface area contributed by atoms with Gasteiger partial charge < -0.3 is 5.11 Å². The number of aliphatic hydroxyl groups excluding tert-OH is 1. The van der Waals surface area contributed by atoms with E-state index in [0.717, 1.165) is 6.42 Å². The predicted octanol–water partition coefficient (Wildman–Crippen LogP) is 1.25. The summed E-state index contributed by atoms with van der Waals surface area (Å²) in [4.78, 5) is 1.63. The number of nitrogens with zero attached hydrogens (tertiary/aromatic N) is 1. The highest BCUT2D eigenvalue weighted by Gasteiger charge is 2.40. The van der Waals surface area contributed by atoms with Gasteiger partial charge >= 0.3 is 6.18 Å². The highest BCUT2D eigenvalue weighted by Crippen LogP contribution is 2.24. The molecular formula is C8H14F3NO. The Morgan fingerprint density at radius 2 is 2.00 bits per heavy atom. The summed E-state index contributed by atoms with van der Waals surface area (Å²) in [7, 11) is 0. The zero-order chi connectivity index (χ0) is 10.1. The summed E-state index contributed by atoms with van der Waals surface area (Å²) in [5.74, 6) is 0.514. The van der Waals surface area contributed by atoms with E-state index in [1.165, 1.54) is 0 Å². The Kier molecular flexibility index (Phi) is 3.18. The van der Waals surface area contributed by atoms with Crippen LogP contribution in [0, 0.1) is 5.92 Å². The zero-order valence-corrected chi connectivity index (χ0v) is 7.51. The van der Waals surface area contributed by atoms with Crippen LogP contribution < -0.4 is 0 Å². The fraction of sp³-hybridized carbons (Fsp3) is 1.00. The van der Waals surface area contributed by atoms with Crippen LogP contribution in [0.15, 0.2) is 0 Å². The van der Waals surface area contributed by atoms with Crippen molar-refractivity contribution in [3.8, 4) is 0 Å². The van der Waals surface area contributed by atoms with Crippen LogP contribution in [0.2, 0.25) is 0 Å². The molecule has 2 nitrogen and oxygen atoms in total. The minimum absolute atomic E-state index is 0.278. The molecule has 1 N–H and O–H groups in total. The molecule has 0 aliphatic carbocycles. The Labute approximate surface area is 75.3 Å². The number of alkyl halides is 3. The van der Waals surface area contributed by atoms with Gasteiger partial charge in [0.2, 0.25) is 0 Å². The fourth-order valence-electron chi connectivity index (χ4n) is 1.43. The summed E-state index contributed by atoms with van der Waals surface area (Å²) in [6, 6.07) is 0. The molecule has 1 saturated heterocycles. The average Bonchev–Trinajstić information content (AvgIpc) is 1.93. The van der Waals surface area contributed by atoms with Gasteiger partial charge in [0.05, 0.1) is 0 Å². The Hall–Kier alpha value is -0.290. The quantitative estimate of drug-likeness (QED) is 0.736.